The van der Waals surface area contributed by atoms with Crippen molar-refractivity contribution in [1.29, 1.82) is 0 Å². The Labute approximate surface area is 92.6 Å². The number of nitrogens with zero attached hydrogens (tertiary/aromatic N) is 2. The van der Waals surface area contributed by atoms with Crippen molar-refractivity contribution in [2.24, 2.45) is 0 Å². The summed E-state index contributed by atoms with van der Waals surface area (Å²) in [6.07, 6.45) is 2.00. The zero-order valence-corrected chi connectivity index (χ0v) is 10.5. The maximum absolute atomic E-state index is 11.9. The molecule has 0 bridgehead atoms. The van der Waals surface area contributed by atoms with E-state index in [1.807, 2.05) is 6.92 Å². The van der Waals surface area contributed by atoms with Gasteiger partial charge in [-0.15, -0.1) is 0 Å². The molecule has 1 aliphatic rings. The summed E-state index contributed by atoms with van der Waals surface area (Å²) in [5.41, 5.74) is 0. The highest BCUT2D eigenvalue weighted by molar-refractivity contribution is 7.86. The van der Waals surface area contributed by atoms with Gasteiger partial charge in [-0.25, -0.2) is 0 Å². The molecule has 90 valence electrons. The van der Waals surface area contributed by atoms with E-state index in [0.29, 0.717) is 19.1 Å². The van der Waals surface area contributed by atoms with E-state index in [9.17, 15) is 8.42 Å². The third kappa shape index (κ3) is 3.14. The molecule has 1 heterocycles. The van der Waals surface area contributed by atoms with Crippen molar-refractivity contribution in [3.05, 3.63) is 0 Å². The van der Waals surface area contributed by atoms with Crippen molar-refractivity contribution in [3.63, 3.8) is 0 Å². The van der Waals surface area contributed by atoms with Gasteiger partial charge in [0.25, 0.3) is 10.2 Å². The summed E-state index contributed by atoms with van der Waals surface area (Å²) in [6, 6.07) is 0.304. The predicted octanol–water partition coefficient (Wildman–Crippen LogP) is -0.133. The Morgan fingerprint density at radius 3 is 2.67 bits per heavy atom. The van der Waals surface area contributed by atoms with Crippen LogP contribution in [-0.4, -0.2) is 56.8 Å². The summed E-state index contributed by atoms with van der Waals surface area (Å²) in [7, 11) is -0.0733. The molecule has 0 amide bonds. The van der Waals surface area contributed by atoms with E-state index in [0.717, 1.165) is 19.4 Å². The molecule has 0 aliphatic carbocycles. The van der Waals surface area contributed by atoms with Crippen LogP contribution in [0, 0.1) is 0 Å². The summed E-state index contributed by atoms with van der Waals surface area (Å²) >= 11 is 0. The Morgan fingerprint density at radius 1 is 1.47 bits per heavy atom. The number of rotatable bonds is 4. The first-order valence-corrected chi connectivity index (χ1v) is 6.79. The molecule has 1 aliphatic heterocycles. The van der Waals surface area contributed by atoms with Crippen molar-refractivity contribution < 1.29 is 8.42 Å². The molecule has 0 aromatic carbocycles. The van der Waals surface area contributed by atoms with Crippen LogP contribution in [-0.2, 0) is 10.2 Å². The van der Waals surface area contributed by atoms with E-state index in [4.69, 9.17) is 0 Å². The Balaban J connectivity index is 2.64. The van der Waals surface area contributed by atoms with Crippen LogP contribution in [0.1, 0.15) is 19.8 Å². The van der Waals surface area contributed by atoms with Crippen molar-refractivity contribution in [2.75, 3.05) is 33.7 Å². The molecule has 0 saturated carbocycles. The minimum Gasteiger partial charge on any atom is -0.313 e. The van der Waals surface area contributed by atoms with Gasteiger partial charge in [-0.3, -0.25) is 0 Å². The second-order valence-electron chi connectivity index (χ2n) is 4.05. The molecule has 0 aromatic heterocycles. The highest BCUT2D eigenvalue weighted by atomic mass is 32.2. The lowest BCUT2D eigenvalue weighted by molar-refractivity contribution is 0.273. The van der Waals surface area contributed by atoms with Gasteiger partial charge >= 0.3 is 0 Å². The van der Waals surface area contributed by atoms with Gasteiger partial charge < -0.3 is 5.32 Å². The van der Waals surface area contributed by atoms with Crippen molar-refractivity contribution >= 4 is 10.2 Å². The van der Waals surface area contributed by atoms with Gasteiger partial charge in [0, 0.05) is 33.2 Å². The molecule has 1 unspecified atom stereocenters. The molecule has 15 heavy (non-hydrogen) atoms. The third-order valence-corrected chi connectivity index (χ3v) is 4.57. The molecule has 0 spiro atoms. The first-order valence-electron chi connectivity index (χ1n) is 5.39. The SMILES string of the molecule is CCNC1CCCN(S(=O)(=O)N(C)C)C1. The Bertz CT molecular complexity index is 288. The van der Waals surface area contributed by atoms with Crippen molar-refractivity contribution in [1.82, 2.24) is 13.9 Å². The summed E-state index contributed by atoms with van der Waals surface area (Å²) < 4.78 is 26.6. The molecule has 1 saturated heterocycles. The quantitative estimate of drug-likeness (QED) is 0.738. The summed E-state index contributed by atoms with van der Waals surface area (Å²) in [4.78, 5) is 0. The lowest BCUT2D eigenvalue weighted by atomic mass is 10.1. The first kappa shape index (κ1) is 12.9. The van der Waals surface area contributed by atoms with Crippen molar-refractivity contribution in [2.45, 2.75) is 25.8 Å². The molecule has 0 radical (unpaired) electrons. The topological polar surface area (TPSA) is 52.7 Å². The van der Waals surface area contributed by atoms with Crippen LogP contribution in [0.15, 0.2) is 0 Å². The van der Waals surface area contributed by atoms with Crippen LogP contribution in [0.5, 0.6) is 0 Å². The minimum atomic E-state index is -3.22. The van der Waals surface area contributed by atoms with Crippen LogP contribution in [0.4, 0.5) is 0 Å². The predicted molar refractivity (Wildman–Crippen MR) is 60.9 cm³/mol. The summed E-state index contributed by atoms with van der Waals surface area (Å²) in [6.45, 7) is 4.16. The summed E-state index contributed by atoms with van der Waals surface area (Å²) in [5, 5.41) is 3.30. The van der Waals surface area contributed by atoms with Crippen LogP contribution in [0.25, 0.3) is 0 Å². The smallest absolute Gasteiger partial charge is 0.281 e. The highest BCUT2D eigenvalue weighted by Gasteiger charge is 2.29. The second kappa shape index (κ2) is 5.25. The third-order valence-electron chi connectivity index (χ3n) is 2.66. The fourth-order valence-corrected chi connectivity index (χ4v) is 3.03. The number of hydrogen-bond acceptors (Lipinski definition) is 3. The number of likely N-dealkylation sites (N-methyl/N-ethyl adjacent to an activating group) is 1. The largest absolute Gasteiger partial charge is 0.313 e. The highest BCUT2D eigenvalue weighted by Crippen LogP contribution is 2.15. The normalized spacial score (nSPS) is 24.7. The van der Waals surface area contributed by atoms with Crippen LogP contribution in [0.3, 0.4) is 0 Å². The maximum atomic E-state index is 11.9. The average Bonchev–Trinajstić information content (AvgIpc) is 2.18. The Hall–Kier alpha value is -0.170. The van der Waals surface area contributed by atoms with Crippen LogP contribution >= 0.6 is 0 Å². The molecular weight excluding hydrogens is 214 g/mol. The molecule has 1 atom stereocenters. The van der Waals surface area contributed by atoms with Crippen LogP contribution in [0.2, 0.25) is 0 Å². The van der Waals surface area contributed by atoms with Crippen LogP contribution < -0.4 is 5.32 Å². The van der Waals surface area contributed by atoms with E-state index in [1.165, 1.54) is 4.31 Å². The van der Waals surface area contributed by atoms with E-state index < -0.39 is 10.2 Å². The van der Waals surface area contributed by atoms with E-state index in [-0.39, 0.29) is 0 Å². The Kier molecular flexibility index (Phi) is 4.51. The molecule has 1 fully saturated rings. The minimum absolute atomic E-state index is 0.304. The number of nitrogens with one attached hydrogen (secondary N) is 1. The monoisotopic (exact) mass is 235 g/mol. The van der Waals surface area contributed by atoms with E-state index in [1.54, 1.807) is 18.4 Å². The summed E-state index contributed by atoms with van der Waals surface area (Å²) in [5.74, 6) is 0. The number of hydrogen-bond donors (Lipinski definition) is 1. The van der Waals surface area contributed by atoms with Gasteiger partial charge in [-0.1, -0.05) is 6.92 Å². The second-order valence-corrected chi connectivity index (χ2v) is 6.19. The standard InChI is InChI=1S/C9H21N3O2S/c1-4-10-9-6-5-7-12(8-9)15(13,14)11(2)3/h9-10H,4-8H2,1-3H3. The van der Waals surface area contributed by atoms with Gasteiger partial charge in [-0.05, 0) is 19.4 Å². The lowest BCUT2D eigenvalue weighted by Gasteiger charge is -2.33. The van der Waals surface area contributed by atoms with E-state index >= 15 is 0 Å². The molecule has 1 rings (SSSR count). The maximum Gasteiger partial charge on any atom is 0.281 e. The molecule has 1 N–H and O–H groups in total. The Morgan fingerprint density at radius 2 is 2.13 bits per heavy atom. The first-order chi connectivity index (χ1) is 6.98. The molecular formula is C9H21N3O2S. The van der Waals surface area contributed by atoms with E-state index in [2.05, 4.69) is 5.32 Å². The van der Waals surface area contributed by atoms with Gasteiger partial charge in [0.2, 0.25) is 0 Å². The van der Waals surface area contributed by atoms with Gasteiger partial charge in [0.05, 0.1) is 0 Å². The van der Waals surface area contributed by atoms with Gasteiger partial charge in [-0.2, -0.15) is 17.0 Å². The molecule has 6 heteroatoms. The molecule has 5 nitrogen and oxygen atoms in total. The molecule has 0 aromatic rings. The van der Waals surface area contributed by atoms with Gasteiger partial charge in [0.15, 0.2) is 0 Å². The average molecular weight is 235 g/mol. The number of piperidine rings is 1. The van der Waals surface area contributed by atoms with Gasteiger partial charge in [0.1, 0.15) is 0 Å². The zero-order chi connectivity index (χ0) is 11.5. The van der Waals surface area contributed by atoms with Crippen molar-refractivity contribution in [3.8, 4) is 0 Å². The zero-order valence-electron chi connectivity index (χ0n) is 9.73. The fraction of sp³-hybridized carbons (Fsp3) is 1.00. The lowest BCUT2D eigenvalue weighted by Crippen LogP contribution is -2.50. The fourth-order valence-electron chi connectivity index (χ4n) is 1.84.